The molecule has 0 saturated heterocycles. The standard InChI is InChI=1S/C19H18ClN3OS/c20-19-14-5-1-2-6-15(14)25-16(19)8-9-18(24)21-11-13-12-23-10-4-3-7-17(23)22-13/h1-2,5-6,8-9,12H,3-4,7,10-11H2,(H,21,24)/b9-8+. The van der Waals surface area contributed by atoms with Crippen LogP contribution in [-0.4, -0.2) is 15.5 Å². The Morgan fingerprint density at radius 3 is 3.08 bits per heavy atom. The van der Waals surface area contributed by atoms with E-state index in [1.165, 1.54) is 18.9 Å². The van der Waals surface area contributed by atoms with Crippen molar-refractivity contribution < 1.29 is 4.79 Å². The molecule has 0 bridgehead atoms. The summed E-state index contributed by atoms with van der Waals surface area (Å²) in [4.78, 5) is 17.6. The number of thiophene rings is 1. The molecule has 2 aromatic heterocycles. The van der Waals surface area contributed by atoms with Crippen LogP contribution in [-0.2, 0) is 24.3 Å². The Hall–Kier alpha value is -2.11. The van der Waals surface area contributed by atoms with Crippen molar-refractivity contribution in [2.24, 2.45) is 0 Å². The molecule has 0 atom stereocenters. The highest BCUT2D eigenvalue weighted by atomic mass is 35.5. The number of aromatic nitrogens is 2. The van der Waals surface area contributed by atoms with Gasteiger partial charge in [0.2, 0.25) is 5.91 Å². The topological polar surface area (TPSA) is 46.9 Å². The predicted molar refractivity (Wildman–Crippen MR) is 103 cm³/mol. The first-order chi connectivity index (χ1) is 12.2. The van der Waals surface area contributed by atoms with Crippen LogP contribution in [0.25, 0.3) is 16.2 Å². The molecule has 1 aliphatic heterocycles. The van der Waals surface area contributed by atoms with E-state index < -0.39 is 0 Å². The van der Waals surface area contributed by atoms with Gasteiger partial charge in [-0.05, 0) is 25.0 Å². The maximum absolute atomic E-state index is 12.1. The summed E-state index contributed by atoms with van der Waals surface area (Å²) >= 11 is 7.97. The fourth-order valence-electron chi connectivity index (χ4n) is 3.08. The Morgan fingerprint density at radius 2 is 2.24 bits per heavy atom. The average Bonchev–Trinajstić information content (AvgIpc) is 3.19. The molecule has 0 aliphatic carbocycles. The largest absolute Gasteiger partial charge is 0.347 e. The zero-order valence-electron chi connectivity index (χ0n) is 13.7. The molecule has 1 N–H and O–H groups in total. The van der Waals surface area contributed by atoms with Gasteiger partial charge >= 0.3 is 0 Å². The van der Waals surface area contributed by atoms with E-state index in [-0.39, 0.29) is 5.91 Å². The number of fused-ring (bicyclic) bond motifs is 2. The van der Waals surface area contributed by atoms with Crippen LogP contribution in [0.15, 0.2) is 36.5 Å². The molecule has 4 rings (SSSR count). The van der Waals surface area contributed by atoms with Crippen molar-refractivity contribution >= 4 is 45.0 Å². The number of hydrogen-bond acceptors (Lipinski definition) is 3. The minimum atomic E-state index is -0.139. The molecule has 0 saturated carbocycles. The molecule has 4 nitrogen and oxygen atoms in total. The molecule has 0 spiro atoms. The normalized spacial score (nSPS) is 14.1. The van der Waals surface area contributed by atoms with Gasteiger partial charge in [-0.3, -0.25) is 4.79 Å². The third-order valence-electron chi connectivity index (χ3n) is 4.35. The molecule has 3 heterocycles. The van der Waals surface area contributed by atoms with Crippen molar-refractivity contribution in [3.63, 3.8) is 0 Å². The van der Waals surface area contributed by atoms with Gasteiger partial charge in [0, 0.05) is 40.2 Å². The lowest BCUT2D eigenvalue weighted by Crippen LogP contribution is -2.20. The van der Waals surface area contributed by atoms with Crippen LogP contribution in [0, 0.1) is 0 Å². The first-order valence-electron chi connectivity index (χ1n) is 8.38. The molecule has 0 fully saturated rings. The summed E-state index contributed by atoms with van der Waals surface area (Å²) in [5.41, 5.74) is 0.915. The van der Waals surface area contributed by atoms with E-state index in [1.54, 1.807) is 17.4 Å². The minimum Gasteiger partial charge on any atom is -0.347 e. The number of carbonyl (C=O) groups is 1. The van der Waals surface area contributed by atoms with E-state index in [9.17, 15) is 4.79 Å². The molecular formula is C19H18ClN3OS. The van der Waals surface area contributed by atoms with Crippen molar-refractivity contribution in [2.75, 3.05) is 0 Å². The highest BCUT2D eigenvalue weighted by Crippen LogP contribution is 2.35. The quantitative estimate of drug-likeness (QED) is 0.690. The number of aryl methyl sites for hydroxylation is 2. The number of imidazole rings is 1. The number of nitrogens with one attached hydrogen (secondary N) is 1. The summed E-state index contributed by atoms with van der Waals surface area (Å²) in [5, 5.41) is 4.62. The molecule has 25 heavy (non-hydrogen) atoms. The smallest absolute Gasteiger partial charge is 0.244 e. The Morgan fingerprint density at radius 1 is 1.36 bits per heavy atom. The SMILES string of the molecule is O=C(/C=C/c1sc2ccccc2c1Cl)NCc1cn2c(n1)CCCC2. The molecule has 1 aromatic carbocycles. The summed E-state index contributed by atoms with van der Waals surface area (Å²) in [5.74, 6) is 0.989. The van der Waals surface area contributed by atoms with Crippen molar-refractivity contribution in [1.82, 2.24) is 14.9 Å². The lowest BCUT2D eigenvalue weighted by molar-refractivity contribution is -0.116. The van der Waals surface area contributed by atoms with Crippen molar-refractivity contribution in [1.29, 1.82) is 0 Å². The fraction of sp³-hybridized carbons (Fsp3) is 0.263. The number of amides is 1. The third kappa shape index (κ3) is 3.48. The molecule has 0 unspecified atom stereocenters. The average molecular weight is 372 g/mol. The Labute approximate surface area is 155 Å². The third-order valence-corrected chi connectivity index (χ3v) is 6.00. The zero-order valence-corrected chi connectivity index (χ0v) is 15.2. The van der Waals surface area contributed by atoms with Gasteiger partial charge in [0.05, 0.1) is 17.3 Å². The van der Waals surface area contributed by atoms with Gasteiger partial charge in [-0.25, -0.2) is 4.98 Å². The van der Waals surface area contributed by atoms with E-state index in [0.29, 0.717) is 11.6 Å². The van der Waals surface area contributed by atoms with Gasteiger partial charge in [-0.2, -0.15) is 0 Å². The number of nitrogens with zero attached hydrogens (tertiary/aromatic N) is 2. The molecule has 1 aliphatic rings. The Kier molecular flexibility index (Phi) is 4.59. The van der Waals surface area contributed by atoms with Crippen molar-refractivity contribution in [3.05, 3.63) is 58.0 Å². The fourth-order valence-corrected chi connectivity index (χ4v) is 4.48. The van der Waals surface area contributed by atoms with E-state index in [1.807, 2.05) is 30.5 Å². The molecule has 6 heteroatoms. The van der Waals surface area contributed by atoms with Crippen LogP contribution < -0.4 is 5.32 Å². The van der Waals surface area contributed by atoms with E-state index >= 15 is 0 Å². The van der Waals surface area contributed by atoms with Crippen molar-refractivity contribution in [3.8, 4) is 0 Å². The maximum Gasteiger partial charge on any atom is 0.244 e. The Bertz CT molecular complexity index is 933. The second kappa shape index (κ2) is 7.02. The summed E-state index contributed by atoms with van der Waals surface area (Å²) < 4.78 is 3.31. The monoisotopic (exact) mass is 371 g/mol. The minimum absolute atomic E-state index is 0.139. The van der Waals surface area contributed by atoms with Crippen LogP contribution >= 0.6 is 22.9 Å². The number of carbonyl (C=O) groups excluding carboxylic acids is 1. The predicted octanol–water partition coefficient (Wildman–Crippen LogP) is 4.42. The van der Waals surface area contributed by atoms with Crippen LogP contribution in [0.1, 0.15) is 29.2 Å². The summed E-state index contributed by atoms with van der Waals surface area (Å²) in [7, 11) is 0. The van der Waals surface area contributed by atoms with E-state index in [4.69, 9.17) is 11.6 Å². The summed E-state index contributed by atoms with van der Waals surface area (Å²) in [6, 6.07) is 7.97. The zero-order chi connectivity index (χ0) is 17.2. The Balaban J connectivity index is 1.40. The van der Waals surface area contributed by atoms with Crippen molar-refractivity contribution in [2.45, 2.75) is 32.4 Å². The molecule has 128 valence electrons. The lowest BCUT2D eigenvalue weighted by Gasteiger charge is -2.11. The van der Waals surface area contributed by atoms with Gasteiger partial charge in [-0.1, -0.05) is 29.8 Å². The van der Waals surface area contributed by atoms with Crippen LogP contribution in [0.2, 0.25) is 5.02 Å². The highest BCUT2D eigenvalue weighted by Gasteiger charge is 2.12. The lowest BCUT2D eigenvalue weighted by atomic mass is 10.2. The highest BCUT2D eigenvalue weighted by molar-refractivity contribution is 7.20. The molecule has 3 aromatic rings. The summed E-state index contributed by atoms with van der Waals surface area (Å²) in [6.45, 7) is 1.48. The van der Waals surface area contributed by atoms with Gasteiger partial charge in [0.1, 0.15) is 5.82 Å². The molecule has 0 radical (unpaired) electrons. The van der Waals surface area contributed by atoms with Gasteiger partial charge < -0.3 is 9.88 Å². The maximum atomic E-state index is 12.1. The summed E-state index contributed by atoms with van der Waals surface area (Å²) in [6.07, 6.45) is 8.78. The van der Waals surface area contributed by atoms with Crippen LogP contribution in [0.3, 0.4) is 0 Å². The van der Waals surface area contributed by atoms with Gasteiger partial charge in [0.25, 0.3) is 0 Å². The first kappa shape index (κ1) is 16.4. The van der Waals surface area contributed by atoms with Gasteiger partial charge in [0.15, 0.2) is 0 Å². The second-order valence-corrected chi connectivity index (χ2v) is 7.59. The number of rotatable bonds is 4. The van der Waals surface area contributed by atoms with Gasteiger partial charge in [-0.15, -0.1) is 11.3 Å². The van der Waals surface area contributed by atoms with Crippen LogP contribution in [0.4, 0.5) is 0 Å². The van der Waals surface area contributed by atoms with E-state index in [2.05, 4.69) is 14.9 Å². The van der Waals surface area contributed by atoms with E-state index in [0.717, 1.165) is 39.4 Å². The van der Waals surface area contributed by atoms with Crippen LogP contribution in [0.5, 0.6) is 0 Å². The second-order valence-electron chi connectivity index (χ2n) is 6.13. The number of benzene rings is 1. The number of hydrogen-bond donors (Lipinski definition) is 1. The number of halogens is 1. The molecular weight excluding hydrogens is 354 g/mol. The first-order valence-corrected chi connectivity index (χ1v) is 9.58. The molecule has 1 amide bonds.